The first kappa shape index (κ1) is 31.6. The second kappa shape index (κ2) is 14.1. The number of aliphatic imine (C=N–C) groups is 1. The normalized spacial score (nSPS) is 17.3. The van der Waals surface area contributed by atoms with Crippen molar-refractivity contribution in [3.63, 3.8) is 0 Å². The van der Waals surface area contributed by atoms with Crippen LogP contribution in [0.4, 0.5) is 0 Å². The number of aliphatic carboxylic acids is 1. The minimum Gasteiger partial charge on any atom is -0.550 e. The molecule has 1 saturated carbocycles. The zero-order chi connectivity index (χ0) is 27.3. The Morgan fingerprint density at radius 2 is 1.67 bits per heavy atom. The number of carboxylic acids is 1. The summed E-state index contributed by atoms with van der Waals surface area (Å²) in [6, 6.07) is 12.1. The Balaban J connectivity index is 0.00000420. The summed E-state index contributed by atoms with van der Waals surface area (Å²) in [5, 5.41) is 14.1. The standard InChI is InChI=1S/C29H33Cl2N3O4.Na/c1-2-7-24(19-8-10-20(11-9-19)27(37)32-15-12-25(35)36)34-28(38)26(21-16-22(30)18-23(31)17-21)33-29(34)13-5-3-4-6-14-29;/h8-11,16-18,24H,2-7,12-15H2,1H3,(H,32,37)(H,35,36);/q;+1/p-1/t24-;/m1./s1. The molecule has 1 atom stereocenters. The number of rotatable bonds is 9. The maximum atomic E-state index is 14.1. The summed E-state index contributed by atoms with van der Waals surface area (Å²) in [4.78, 5) is 44.3. The van der Waals surface area contributed by atoms with Gasteiger partial charge in [0.2, 0.25) is 0 Å². The summed E-state index contributed by atoms with van der Waals surface area (Å²) in [7, 11) is 0. The number of hydrogen-bond acceptors (Lipinski definition) is 5. The maximum absolute atomic E-state index is 14.1. The van der Waals surface area contributed by atoms with Gasteiger partial charge in [0.05, 0.1) is 6.04 Å². The van der Waals surface area contributed by atoms with Gasteiger partial charge in [0.15, 0.2) is 0 Å². The third kappa shape index (κ3) is 7.44. The molecule has 4 rings (SSSR count). The molecule has 1 spiro atoms. The number of nitrogens with one attached hydrogen (secondary N) is 1. The van der Waals surface area contributed by atoms with Crippen LogP contribution in [0.2, 0.25) is 10.0 Å². The Morgan fingerprint density at radius 3 is 2.23 bits per heavy atom. The number of carbonyl (C=O) groups excluding carboxylic acids is 3. The number of halogens is 2. The van der Waals surface area contributed by atoms with E-state index in [1.54, 1.807) is 30.3 Å². The third-order valence-electron chi connectivity index (χ3n) is 7.28. The quantitative estimate of drug-likeness (QED) is 0.459. The molecule has 0 saturated heterocycles. The Kier molecular flexibility index (Phi) is 11.5. The van der Waals surface area contributed by atoms with Gasteiger partial charge in [-0.3, -0.25) is 14.6 Å². The Hall–Kier alpha value is -1.90. The molecule has 39 heavy (non-hydrogen) atoms. The van der Waals surface area contributed by atoms with E-state index in [1.165, 1.54) is 0 Å². The summed E-state index contributed by atoms with van der Waals surface area (Å²) in [5.41, 5.74) is 1.72. The van der Waals surface area contributed by atoms with Crippen LogP contribution in [0.1, 0.15) is 92.2 Å². The predicted molar refractivity (Wildman–Crippen MR) is 146 cm³/mol. The van der Waals surface area contributed by atoms with Crippen molar-refractivity contribution in [1.29, 1.82) is 0 Å². The minimum atomic E-state index is -1.22. The van der Waals surface area contributed by atoms with E-state index in [2.05, 4.69) is 12.2 Å². The van der Waals surface area contributed by atoms with Gasteiger partial charge in [0.1, 0.15) is 11.4 Å². The molecule has 0 bridgehead atoms. The maximum Gasteiger partial charge on any atom is 1.00 e. The zero-order valence-corrected chi connectivity index (χ0v) is 26.0. The Morgan fingerprint density at radius 1 is 1.05 bits per heavy atom. The molecule has 1 fully saturated rings. The first-order valence-corrected chi connectivity index (χ1v) is 14.0. The number of carbonyl (C=O) groups is 3. The fourth-order valence-corrected chi connectivity index (χ4v) is 6.05. The van der Waals surface area contributed by atoms with Gasteiger partial charge in [-0.2, -0.15) is 0 Å². The number of nitrogens with zero attached hydrogens (tertiary/aromatic N) is 2. The van der Waals surface area contributed by atoms with Crippen LogP contribution >= 0.6 is 23.2 Å². The van der Waals surface area contributed by atoms with Gasteiger partial charge in [0.25, 0.3) is 11.8 Å². The molecular formula is C29H32Cl2N3NaO4. The van der Waals surface area contributed by atoms with E-state index in [9.17, 15) is 19.5 Å². The monoisotopic (exact) mass is 579 g/mol. The molecule has 0 radical (unpaired) electrons. The largest absolute Gasteiger partial charge is 1.00 e. The second-order valence-corrected chi connectivity index (χ2v) is 10.9. The first-order valence-electron chi connectivity index (χ1n) is 13.2. The average molecular weight is 580 g/mol. The van der Waals surface area contributed by atoms with E-state index in [4.69, 9.17) is 28.2 Å². The molecule has 10 heteroatoms. The van der Waals surface area contributed by atoms with E-state index in [0.29, 0.717) is 26.9 Å². The van der Waals surface area contributed by atoms with Crippen LogP contribution in [0.25, 0.3) is 0 Å². The molecule has 202 valence electrons. The first-order chi connectivity index (χ1) is 18.2. The van der Waals surface area contributed by atoms with Crippen molar-refractivity contribution < 1.29 is 49.0 Å². The molecule has 1 aliphatic carbocycles. The SMILES string of the molecule is CCC[C@H](c1ccc(C(=O)NCCC(=O)[O-])cc1)N1C(=O)C(c2cc(Cl)cc(Cl)c2)=NC12CCCCCC2.[Na+]. The molecule has 0 aromatic heterocycles. The van der Waals surface area contributed by atoms with Crippen LogP contribution in [0, 0.1) is 0 Å². The van der Waals surface area contributed by atoms with Gasteiger partial charge in [-0.15, -0.1) is 0 Å². The topological polar surface area (TPSA) is 102 Å². The van der Waals surface area contributed by atoms with Crippen molar-refractivity contribution in [2.24, 2.45) is 4.99 Å². The van der Waals surface area contributed by atoms with Crippen LogP contribution in [0.15, 0.2) is 47.5 Å². The van der Waals surface area contributed by atoms with Crippen LogP contribution < -0.4 is 40.0 Å². The summed E-state index contributed by atoms with van der Waals surface area (Å²) in [5.74, 6) is -1.70. The number of carboxylic acid groups (broad SMARTS) is 1. The van der Waals surface area contributed by atoms with Gasteiger partial charge in [0, 0.05) is 40.1 Å². The van der Waals surface area contributed by atoms with Gasteiger partial charge in [-0.25, -0.2) is 0 Å². The van der Waals surface area contributed by atoms with Gasteiger partial charge in [-0.05, 0) is 68.0 Å². The van der Waals surface area contributed by atoms with Gasteiger partial charge >= 0.3 is 29.6 Å². The van der Waals surface area contributed by atoms with Gasteiger partial charge in [-0.1, -0.05) is 61.5 Å². The number of hydrogen-bond donors (Lipinski definition) is 1. The third-order valence-corrected chi connectivity index (χ3v) is 7.71. The van der Waals surface area contributed by atoms with Crippen molar-refractivity contribution in [3.8, 4) is 0 Å². The predicted octanol–water partition coefficient (Wildman–Crippen LogP) is 2.09. The Labute approximate surface area is 261 Å². The van der Waals surface area contributed by atoms with Crippen LogP contribution in [-0.4, -0.2) is 40.6 Å². The van der Waals surface area contributed by atoms with Crippen molar-refractivity contribution in [1.82, 2.24) is 10.2 Å². The molecule has 1 heterocycles. The molecule has 2 aromatic carbocycles. The van der Waals surface area contributed by atoms with Gasteiger partial charge < -0.3 is 20.1 Å². The van der Waals surface area contributed by atoms with E-state index in [1.807, 2.05) is 17.0 Å². The van der Waals surface area contributed by atoms with Crippen molar-refractivity contribution >= 4 is 46.7 Å². The molecule has 1 N–H and O–H groups in total. The smallest absolute Gasteiger partial charge is 0.550 e. The van der Waals surface area contributed by atoms with Crippen LogP contribution in [0.3, 0.4) is 0 Å². The van der Waals surface area contributed by atoms with E-state index >= 15 is 0 Å². The fraction of sp³-hybridized carbons (Fsp3) is 0.448. The molecule has 0 unspecified atom stereocenters. The second-order valence-electron chi connectivity index (χ2n) is 9.99. The molecule has 2 aromatic rings. The summed E-state index contributed by atoms with van der Waals surface area (Å²) >= 11 is 12.6. The summed E-state index contributed by atoms with van der Waals surface area (Å²) in [6.45, 7) is 2.09. The average Bonchev–Trinajstić information content (AvgIpc) is 3.00. The minimum absolute atomic E-state index is 0. The van der Waals surface area contributed by atoms with Crippen molar-refractivity contribution in [3.05, 3.63) is 69.2 Å². The van der Waals surface area contributed by atoms with Crippen molar-refractivity contribution in [2.45, 2.75) is 76.4 Å². The van der Waals surface area contributed by atoms with Crippen LogP contribution in [0.5, 0.6) is 0 Å². The molecular weight excluding hydrogens is 548 g/mol. The molecule has 1 aliphatic heterocycles. The van der Waals surface area contributed by atoms with E-state index < -0.39 is 11.6 Å². The number of benzene rings is 2. The van der Waals surface area contributed by atoms with E-state index in [0.717, 1.165) is 56.9 Å². The summed E-state index contributed by atoms with van der Waals surface area (Å²) in [6.07, 6.45) is 7.11. The molecule has 2 amide bonds. The fourth-order valence-electron chi connectivity index (χ4n) is 5.53. The summed E-state index contributed by atoms with van der Waals surface area (Å²) < 4.78 is 0. The Bertz CT molecular complexity index is 1210. The van der Waals surface area contributed by atoms with Crippen LogP contribution in [-0.2, 0) is 9.59 Å². The molecule has 2 aliphatic rings. The van der Waals surface area contributed by atoms with E-state index in [-0.39, 0.29) is 60.4 Å². The molecule has 7 nitrogen and oxygen atoms in total. The van der Waals surface area contributed by atoms with Crippen molar-refractivity contribution in [2.75, 3.05) is 6.54 Å². The zero-order valence-electron chi connectivity index (χ0n) is 22.5. The number of amides is 2.